The first-order valence-electron chi connectivity index (χ1n) is 4.69. The van der Waals surface area contributed by atoms with Crippen molar-refractivity contribution in [2.75, 3.05) is 0 Å². The quantitative estimate of drug-likeness (QED) is 0.618. The molecule has 0 amide bonds. The second-order valence-corrected chi connectivity index (χ2v) is 4.76. The van der Waals surface area contributed by atoms with Gasteiger partial charge in [-0.3, -0.25) is 0 Å². The lowest BCUT2D eigenvalue weighted by Crippen LogP contribution is -2.28. The maximum atomic E-state index is 9.41. The number of hydrogen-bond acceptors (Lipinski definition) is 1. The van der Waals surface area contributed by atoms with Crippen LogP contribution in [0.3, 0.4) is 0 Å². The van der Waals surface area contributed by atoms with E-state index in [1.165, 1.54) is 25.7 Å². The van der Waals surface area contributed by atoms with Crippen LogP contribution < -0.4 is 0 Å². The predicted octanol–water partition coefficient (Wildman–Crippen LogP) is 2.58. The lowest BCUT2D eigenvalue weighted by molar-refractivity contribution is 0.0588. The molecule has 0 saturated heterocycles. The summed E-state index contributed by atoms with van der Waals surface area (Å²) in [6.45, 7) is 6.54. The van der Waals surface area contributed by atoms with E-state index in [-0.39, 0.29) is 6.10 Å². The minimum Gasteiger partial charge on any atom is -0.393 e. The van der Waals surface area contributed by atoms with E-state index in [0.717, 1.165) is 0 Å². The Morgan fingerprint density at radius 1 is 1.45 bits per heavy atom. The molecule has 0 spiro atoms. The minimum atomic E-state index is -0.102. The van der Waals surface area contributed by atoms with Crippen LogP contribution in [0.2, 0.25) is 0 Å². The molecule has 1 aliphatic rings. The molecular formula is C10H20O. The Balaban J connectivity index is 2.46. The molecule has 11 heavy (non-hydrogen) atoms. The molecule has 0 aromatic rings. The number of rotatable bonds is 1. The van der Waals surface area contributed by atoms with E-state index in [9.17, 15) is 5.11 Å². The summed E-state index contributed by atoms with van der Waals surface area (Å²) in [6, 6.07) is 0. The standard InChI is InChI=1S/C10H20O/c1-8(11)9-5-4-6-10(2,3)7-9/h8-9,11H,4-7H2,1-3H3/t8-,9+/m0/s1. The predicted molar refractivity (Wildman–Crippen MR) is 47.4 cm³/mol. The van der Waals surface area contributed by atoms with Crippen molar-refractivity contribution in [1.29, 1.82) is 0 Å². The Morgan fingerprint density at radius 3 is 2.45 bits per heavy atom. The van der Waals surface area contributed by atoms with Gasteiger partial charge < -0.3 is 5.11 Å². The molecular weight excluding hydrogens is 136 g/mol. The zero-order chi connectivity index (χ0) is 8.48. The maximum absolute atomic E-state index is 9.41. The molecule has 0 heterocycles. The number of aliphatic hydroxyl groups excluding tert-OH is 1. The summed E-state index contributed by atoms with van der Waals surface area (Å²) in [5.41, 5.74) is 0.472. The van der Waals surface area contributed by atoms with Gasteiger partial charge >= 0.3 is 0 Å². The molecule has 0 aromatic carbocycles. The first-order valence-corrected chi connectivity index (χ1v) is 4.69. The maximum Gasteiger partial charge on any atom is 0.0540 e. The van der Waals surface area contributed by atoms with Gasteiger partial charge in [0.2, 0.25) is 0 Å². The normalized spacial score (nSPS) is 33.3. The van der Waals surface area contributed by atoms with Crippen molar-refractivity contribution in [3.05, 3.63) is 0 Å². The van der Waals surface area contributed by atoms with E-state index < -0.39 is 0 Å². The molecule has 0 aliphatic heterocycles. The molecule has 1 rings (SSSR count). The van der Waals surface area contributed by atoms with Gasteiger partial charge in [-0.25, -0.2) is 0 Å². The van der Waals surface area contributed by atoms with Crippen LogP contribution in [0.25, 0.3) is 0 Å². The van der Waals surface area contributed by atoms with Crippen LogP contribution in [0.4, 0.5) is 0 Å². The summed E-state index contributed by atoms with van der Waals surface area (Å²) in [6.07, 6.45) is 4.94. The van der Waals surface area contributed by atoms with Crippen LogP contribution in [0.1, 0.15) is 46.5 Å². The third-order valence-corrected chi connectivity index (χ3v) is 2.93. The summed E-state index contributed by atoms with van der Waals surface area (Å²) in [5.74, 6) is 0.554. The molecule has 1 fully saturated rings. The summed E-state index contributed by atoms with van der Waals surface area (Å²) in [4.78, 5) is 0. The summed E-state index contributed by atoms with van der Waals surface area (Å²) in [5, 5.41) is 9.41. The minimum absolute atomic E-state index is 0.102. The molecule has 0 bridgehead atoms. The third-order valence-electron chi connectivity index (χ3n) is 2.93. The molecule has 1 N–H and O–H groups in total. The van der Waals surface area contributed by atoms with Crippen LogP contribution in [0.15, 0.2) is 0 Å². The highest BCUT2D eigenvalue weighted by atomic mass is 16.3. The van der Waals surface area contributed by atoms with Gasteiger partial charge in [0.1, 0.15) is 0 Å². The Hall–Kier alpha value is -0.0400. The Labute approximate surface area is 69.8 Å². The van der Waals surface area contributed by atoms with Gasteiger partial charge in [0.25, 0.3) is 0 Å². The first-order chi connectivity index (χ1) is 5.01. The molecule has 0 aromatic heterocycles. The van der Waals surface area contributed by atoms with Crippen molar-refractivity contribution < 1.29 is 5.11 Å². The highest BCUT2D eigenvalue weighted by molar-refractivity contribution is 4.81. The fraction of sp³-hybridized carbons (Fsp3) is 1.00. The van der Waals surface area contributed by atoms with Crippen molar-refractivity contribution in [3.63, 3.8) is 0 Å². The van der Waals surface area contributed by atoms with Gasteiger partial charge in [-0.1, -0.05) is 20.3 Å². The van der Waals surface area contributed by atoms with E-state index in [0.29, 0.717) is 11.3 Å². The van der Waals surface area contributed by atoms with Crippen LogP contribution in [-0.4, -0.2) is 11.2 Å². The fourth-order valence-electron chi connectivity index (χ4n) is 2.17. The van der Waals surface area contributed by atoms with E-state index >= 15 is 0 Å². The molecule has 0 unspecified atom stereocenters. The average Bonchev–Trinajstić information content (AvgIpc) is 1.85. The number of hydrogen-bond donors (Lipinski definition) is 1. The molecule has 66 valence electrons. The zero-order valence-corrected chi connectivity index (χ0v) is 7.93. The van der Waals surface area contributed by atoms with Gasteiger partial charge in [-0.2, -0.15) is 0 Å². The van der Waals surface area contributed by atoms with E-state index in [1.54, 1.807) is 0 Å². The van der Waals surface area contributed by atoms with Crippen molar-refractivity contribution in [1.82, 2.24) is 0 Å². The molecule has 1 heteroatoms. The summed E-state index contributed by atoms with van der Waals surface area (Å²) >= 11 is 0. The monoisotopic (exact) mass is 156 g/mol. The summed E-state index contributed by atoms with van der Waals surface area (Å²) < 4.78 is 0. The van der Waals surface area contributed by atoms with Gasteiger partial charge in [0.05, 0.1) is 6.10 Å². The SMILES string of the molecule is C[C@H](O)[C@@H]1CCCC(C)(C)C1. The molecule has 1 saturated carbocycles. The average molecular weight is 156 g/mol. The molecule has 1 aliphatic carbocycles. The van der Waals surface area contributed by atoms with Crippen molar-refractivity contribution in [2.24, 2.45) is 11.3 Å². The molecule has 0 radical (unpaired) electrons. The topological polar surface area (TPSA) is 20.2 Å². The van der Waals surface area contributed by atoms with E-state index in [2.05, 4.69) is 13.8 Å². The van der Waals surface area contributed by atoms with Crippen LogP contribution in [0.5, 0.6) is 0 Å². The highest BCUT2D eigenvalue weighted by Gasteiger charge is 2.29. The largest absolute Gasteiger partial charge is 0.393 e. The van der Waals surface area contributed by atoms with Gasteiger partial charge in [-0.05, 0) is 37.5 Å². The summed E-state index contributed by atoms with van der Waals surface area (Å²) in [7, 11) is 0. The first kappa shape index (κ1) is 9.05. The Bertz CT molecular complexity index is 127. The number of aliphatic hydroxyl groups is 1. The van der Waals surface area contributed by atoms with Crippen molar-refractivity contribution in [2.45, 2.75) is 52.6 Å². The zero-order valence-electron chi connectivity index (χ0n) is 7.93. The van der Waals surface area contributed by atoms with Crippen LogP contribution in [0, 0.1) is 11.3 Å². The van der Waals surface area contributed by atoms with Crippen molar-refractivity contribution >= 4 is 0 Å². The van der Waals surface area contributed by atoms with Gasteiger partial charge in [-0.15, -0.1) is 0 Å². The smallest absolute Gasteiger partial charge is 0.0540 e. The lowest BCUT2D eigenvalue weighted by atomic mass is 9.71. The highest BCUT2D eigenvalue weighted by Crippen LogP contribution is 2.39. The Morgan fingerprint density at radius 2 is 2.09 bits per heavy atom. The lowest BCUT2D eigenvalue weighted by Gasteiger charge is -2.36. The third kappa shape index (κ3) is 2.48. The second kappa shape index (κ2) is 3.14. The fourth-order valence-corrected chi connectivity index (χ4v) is 2.17. The molecule has 1 nitrogen and oxygen atoms in total. The van der Waals surface area contributed by atoms with Crippen LogP contribution >= 0.6 is 0 Å². The second-order valence-electron chi connectivity index (χ2n) is 4.76. The van der Waals surface area contributed by atoms with Gasteiger partial charge in [0.15, 0.2) is 0 Å². The molecule has 2 atom stereocenters. The van der Waals surface area contributed by atoms with E-state index in [4.69, 9.17) is 0 Å². The van der Waals surface area contributed by atoms with Crippen molar-refractivity contribution in [3.8, 4) is 0 Å². The van der Waals surface area contributed by atoms with E-state index in [1.807, 2.05) is 6.92 Å². The Kier molecular flexibility index (Phi) is 2.58. The van der Waals surface area contributed by atoms with Crippen LogP contribution in [-0.2, 0) is 0 Å². The van der Waals surface area contributed by atoms with Gasteiger partial charge in [0, 0.05) is 0 Å².